The van der Waals surface area contributed by atoms with Crippen LogP contribution in [0.25, 0.3) is 0 Å². The smallest absolute Gasteiger partial charge is 0.158 e. The molecule has 0 bridgehead atoms. The van der Waals surface area contributed by atoms with E-state index in [-0.39, 0.29) is 6.10 Å². The Hall–Kier alpha value is -2.29. The molecular formula is C19H21NO2. The van der Waals surface area contributed by atoms with Crippen molar-refractivity contribution in [2.75, 3.05) is 7.11 Å². The first-order valence-corrected chi connectivity index (χ1v) is 7.53. The second-order valence-corrected chi connectivity index (χ2v) is 5.88. The molecule has 1 atom stereocenters. The van der Waals surface area contributed by atoms with E-state index in [1.807, 2.05) is 24.3 Å². The zero-order valence-electron chi connectivity index (χ0n) is 13.5. The average Bonchev–Trinajstić information content (AvgIpc) is 2.96. The first kappa shape index (κ1) is 14.6. The molecule has 3 heteroatoms. The molecule has 0 saturated carbocycles. The minimum Gasteiger partial charge on any atom is -0.497 e. The molecule has 0 fully saturated rings. The highest BCUT2D eigenvalue weighted by molar-refractivity contribution is 6.03. The van der Waals surface area contributed by atoms with Crippen molar-refractivity contribution in [2.45, 2.75) is 33.3 Å². The van der Waals surface area contributed by atoms with Crippen LogP contribution in [0.4, 0.5) is 0 Å². The van der Waals surface area contributed by atoms with Crippen LogP contribution in [-0.2, 0) is 4.84 Å². The molecular weight excluding hydrogens is 274 g/mol. The van der Waals surface area contributed by atoms with Gasteiger partial charge in [0.2, 0.25) is 0 Å². The summed E-state index contributed by atoms with van der Waals surface area (Å²) in [5, 5.41) is 4.34. The zero-order chi connectivity index (χ0) is 15.7. The van der Waals surface area contributed by atoms with Crippen LogP contribution in [0.5, 0.6) is 5.75 Å². The third-order valence-electron chi connectivity index (χ3n) is 4.12. The van der Waals surface area contributed by atoms with Crippen LogP contribution in [0, 0.1) is 20.8 Å². The highest BCUT2D eigenvalue weighted by Crippen LogP contribution is 2.32. The zero-order valence-corrected chi connectivity index (χ0v) is 13.5. The predicted octanol–water partition coefficient (Wildman–Crippen LogP) is 4.49. The SMILES string of the molecule is COc1ccc(C2CC(c3c(C)cc(C)cc3C)=NO2)cc1. The Morgan fingerprint density at radius 2 is 1.68 bits per heavy atom. The maximum Gasteiger partial charge on any atom is 0.158 e. The molecule has 0 radical (unpaired) electrons. The minimum absolute atomic E-state index is 0.0130. The molecule has 1 aliphatic rings. The molecule has 0 amide bonds. The lowest BCUT2D eigenvalue weighted by molar-refractivity contribution is 0.0857. The lowest BCUT2D eigenvalue weighted by Gasteiger charge is -2.11. The molecule has 22 heavy (non-hydrogen) atoms. The van der Waals surface area contributed by atoms with E-state index < -0.39 is 0 Å². The van der Waals surface area contributed by atoms with E-state index in [0.29, 0.717) is 0 Å². The van der Waals surface area contributed by atoms with Crippen molar-refractivity contribution in [3.05, 3.63) is 64.2 Å². The normalized spacial score (nSPS) is 17.1. The number of rotatable bonds is 3. The standard InChI is InChI=1S/C19H21NO2/c1-12-9-13(2)19(14(3)10-12)17-11-18(22-20-17)15-5-7-16(21-4)8-6-15/h5-10,18H,11H2,1-4H3. The Balaban J connectivity index is 1.82. The van der Waals surface area contributed by atoms with Crippen LogP contribution in [0.1, 0.15) is 40.3 Å². The van der Waals surface area contributed by atoms with Gasteiger partial charge in [0.05, 0.1) is 12.8 Å². The second kappa shape index (κ2) is 5.84. The molecule has 114 valence electrons. The fourth-order valence-electron chi connectivity index (χ4n) is 3.16. The molecule has 0 spiro atoms. The first-order chi connectivity index (χ1) is 10.6. The maximum absolute atomic E-state index is 5.67. The van der Waals surface area contributed by atoms with E-state index in [1.165, 1.54) is 22.3 Å². The lowest BCUT2D eigenvalue weighted by atomic mass is 9.92. The Morgan fingerprint density at radius 1 is 1.05 bits per heavy atom. The summed E-state index contributed by atoms with van der Waals surface area (Å²) in [5.74, 6) is 0.855. The van der Waals surface area contributed by atoms with Gasteiger partial charge in [0.25, 0.3) is 0 Å². The number of ether oxygens (including phenoxy) is 1. The molecule has 1 unspecified atom stereocenters. The number of oxime groups is 1. The summed E-state index contributed by atoms with van der Waals surface area (Å²) in [7, 11) is 1.67. The maximum atomic E-state index is 5.67. The quantitative estimate of drug-likeness (QED) is 0.835. The van der Waals surface area contributed by atoms with Crippen molar-refractivity contribution >= 4 is 5.71 Å². The fraction of sp³-hybridized carbons (Fsp3) is 0.316. The van der Waals surface area contributed by atoms with Gasteiger partial charge in [-0.3, -0.25) is 0 Å². The molecule has 0 aliphatic carbocycles. The van der Waals surface area contributed by atoms with E-state index >= 15 is 0 Å². The number of hydrogen-bond acceptors (Lipinski definition) is 3. The van der Waals surface area contributed by atoms with Gasteiger partial charge in [-0.15, -0.1) is 0 Å². The van der Waals surface area contributed by atoms with Gasteiger partial charge in [0, 0.05) is 12.0 Å². The predicted molar refractivity (Wildman–Crippen MR) is 88.6 cm³/mol. The number of nitrogens with zero attached hydrogens (tertiary/aromatic N) is 1. The topological polar surface area (TPSA) is 30.8 Å². The largest absolute Gasteiger partial charge is 0.497 e. The average molecular weight is 295 g/mol. The lowest BCUT2D eigenvalue weighted by Crippen LogP contribution is -2.06. The summed E-state index contributed by atoms with van der Waals surface area (Å²) < 4.78 is 5.20. The van der Waals surface area contributed by atoms with Crippen LogP contribution in [0.3, 0.4) is 0 Å². The van der Waals surface area contributed by atoms with Crippen LogP contribution < -0.4 is 4.74 Å². The van der Waals surface area contributed by atoms with E-state index in [1.54, 1.807) is 7.11 Å². The highest BCUT2D eigenvalue weighted by Gasteiger charge is 2.25. The minimum atomic E-state index is -0.0130. The molecule has 2 aromatic carbocycles. The molecule has 1 heterocycles. The number of hydrogen-bond donors (Lipinski definition) is 0. The molecule has 1 aliphatic heterocycles. The van der Waals surface area contributed by atoms with Gasteiger partial charge in [-0.05, 0) is 49.6 Å². The monoisotopic (exact) mass is 295 g/mol. The van der Waals surface area contributed by atoms with Crippen molar-refractivity contribution in [3.8, 4) is 5.75 Å². The molecule has 2 aromatic rings. The van der Waals surface area contributed by atoms with Gasteiger partial charge >= 0.3 is 0 Å². The molecule has 3 rings (SSSR count). The number of aryl methyl sites for hydroxylation is 3. The van der Waals surface area contributed by atoms with Gasteiger partial charge in [-0.25, -0.2) is 0 Å². The van der Waals surface area contributed by atoms with Crippen LogP contribution in [-0.4, -0.2) is 12.8 Å². The third-order valence-corrected chi connectivity index (χ3v) is 4.12. The van der Waals surface area contributed by atoms with Gasteiger partial charge in [-0.2, -0.15) is 0 Å². The number of benzene rings is 2. The molecule has 0 saturated heterocycles. The fourth-order valence-corrected chi connectivity index (χ4v) is 3.16. The van der Waals surface area contributed by atoms with Crippen LogP contribution in [0.15, 0.2) is 41.6 Å². The van der Waals surface area contributed by atoms with E-state index in [0.717, 1.165) is 23.4 Å². The van der Waals surface area contributed by atoms with Crippen molar-refractivity contribution in [2.24, 2.45) is 5.16 Å². The summed E-state index contributed by atoms with van der Waals surface area (Å²) in [6.45, 7) is 6.40. The van der Waals surface area contributed by atoms with Gasteiger partial charge in [0.1, 0.15) is 5.75 Å². The Bertz CT molecular complexity index is 694. The van der Waals surface area contributed by atoms with Crippen molar-refractivity contribution in [1.82, 2.24) is 0 Å². The third kappa shape index (κ3) is 2.71. The van der Waals surface area contributed by atoms with Crippen molar-refractivity contribution in [1.29, 1.82) is 0 Å². The second-order valence-electron chi connectivity index (χ2n) is 5.88. The summed E-state index contributed by atoms with van der Waals surface area (Å²) in [5.41, 5.74) is 7.19. The Kier molecular flexibility index (Phi) is 3.88. The molecule has 0 aromatic heterocycles. The molecule has 0 N–H and O–H groups in total. The van der Waals surface area contributed by atoms with Gasteiger partial charge in [0.15, 0.2) is 6.10 Å². The Morgan fingerprint density at radius 3 is 2.27 bits per heavy atom. The van der Waals surface area contributed by atoms with Gasteiger partial charge < -0.3 is 9.57 Å². The van der Waals surface area contributed by atoms with Crippen LogP contribution in [0.2, 0.25) is 0 Å². The van der Waals surface area contributed by atoms with Crippen molar-refractivity contribution in [3.63, 3.8) is 0 Å². The summed E-state index contributed by atoms with van der Waals surface area (Å²) in [6.07, 6.45) is 0.790. The number of methoxy groups -OCH3 is 1. The van der Waals surface area contributed by atoms with E-state index in [9.17, 15) is 0 Å². The highest BCUT2D eigenvalue weighted by atomic mass is 16.6. The van der Waals surface area contributed by atoms with Crippen molar-refractivity contribution < 1.29 is 9.57 Å². The summed E-state index contributed by atoms with van der Waals surface area (Å²) in [6, 6.07) is 12.4. The summed E-state index contributed by atoms with van der Waals surface area (Å²) in [4.78, 5) is 5.67. The Labute approximate surface area is 131 Å². The van der Waals surface area contributed by atoms with Gasteiger partial charge in [-0.1, -0.05) is 35.0 Å². The molecule has 3 nitrogen and oxygen atoms in total. The van der Waals surface area contributed by atoms with E-state index in [2.05, 4.69) is 38.1 Å². The first-order valence-electron chi connectivity index (χ1n) is 7.53. The summed E-state index contributed by atoms with van der Waals surface area (Å²) >= 11 is 0. The van der Waals surface area contributed by atoms with E-state index in [4.69, 9.17) is 9.57 Å². The van der Waals surface area contributed by atoms with Crippen LogP contribution >= 0.6 is 0 Å².